The summed E-state index contributed by atoms with van der Waals surface area (Å²) in [6.45, 7) is 3.39. The van der Waals surface area contributed by atoms with Crippen LogP contribution in [0, 0.1) is 0 Å². The molecule has 4 rings (SSSR count). The molecule has 0 unspecified atom stereocenters. The van der Waals surface area contributed by atoms with Crippen molar-refractivity contribution in [3.05, 3.63) is 71.8 Å². The number of nitrogens with one attached hydrogen (secondary N) is 2. The van der Waals surface area contributed by atoms with Crippen molar-refractivity contribution in [2.24, 2.45) is 5.73 Å². The molecule has 7 amide bonds. The number of hydrogen-bond donors (Lipinski definition) is 3. The fourth-order valence-electron chi connectivity index (χ4n) is 3.38. The van der Waals surface area contributed by atoms with Gasteiger partial charge in [-0.25, -0.2) is 9.59 Å². The van der Waals surface area contributed by atoms with E-state index in [2.05, 4.69) is 17.6 Å². The second-order valence-electron chi connectivity index (χ2n) is 8.31. The molecule has 0 saturated carbocycles. The van der Waals surface area contributed by atoms with E-state index in [0.29, 0.717) is 19.5 Å². The van der Waals surface area contributed by atoms with Gasteiger partial charge in [-0.3, -0.25) is 25.0 Å². The summed E-state index contributed by atoms with van der Waals surface area (Å²) in [6, 6.07) is 18.6. The van der Waals surface area contributed by atoms with Crippen LogP contribution in [0.3, 0.4) is 0 Å². The van der Waals surface area contributed by atoms with E-state index in [0.717, 1.165) is 30.4 Å². The maximum absolute atomic E-state index is 11.2. The van der Waals surface area contributed by atoms with Gasteiger partial charge in [0.1, 0.15) is 13.1 Å². The Morgan fingerprint density at radius 3 is 1.47 bits per heavy atom. The summed E-state index contributed by atoms with van der Waals surface area (Å²) in [5.41, 5.74) is 6.94. The van der Waals surface area contributed by atoms with Gasteiger partial charge in [0, 0.05) is 19.5 Å². The molecule has 2 aromatic carbocycles. The summed E-state index contributed by atoms with van der Waals surface area (Å²) >= 11 is 0. The maximum atomic E-state index is 11.2. The molecule has 0 aromatic heterocycles. The largest absolute Gasteiger partial charge is 0.370 e. The fourth-order valence-corrected chi connectivity index (χ4v) is 3.38. The Hall–Kier alpha value is -4.21. The van der Waals surface area contributed by atoms with Gasteiger partial charge in [0.15, 0.2) is 0 Å². The Morgan fingerprint density at radius 1 is 0.750 bits per heavy atom. The van der Waals surface area contributed by atoms with E-state index in [9.17, 15) is 24.0 Å². The van der Waals surface area contributed by atoms with Crippen molar-refractivity contribution in [2.45, 2.75) is 45.7 Å². The van der Waals surface area contributed by atoms with Crippen LogP contribution >= 0.6 is 0 Å². The van der Waals surface area contributed by atoms with Crippen molar-refractivity contribution in [2.75, 3.05) is 13.1 Å². The zero-order chi connectivity index (χ0) is 26.3. The zero-order valence-corrected chi connectivity index (χ0v) is 20.4. The predicted molar refractivity (Wildman–Crippen MR) is 134 cm³/mol. The molecule has 2 aliphatic heterocycles. The molecule has 2 saturated heterocycles. The molecule has 2 fully saturated rings. The van der Waals surface area contributed by atoms with Gasteiger partial charge in [0.2, 0.25) is 17.7 Å². The van der Waals surface area contributed by atoms with Crippen LogP contribution in [0.4, 0.5) is 9.59 Å². The summed E-state index contributed by atoms with van der Waals surface area (Å²) in [7, 11) is 0. The zero-order valence-electron chi connectivity index (χ0n) is 20.4. The Bertz CT molecular complexity index is 956. The molecule has 2 aliphatic rings. The van der Waals surface area contributed by atoms with Crippen LogP contribution in [0.15, 0.2) is 60.7 Å². The summed E-state index contributed by atoms with van der Waals surface area (Å²) in [5, 5.41) is 4.47. The summed E-state index contributed by atoms with van der Waals surface area (Å²) < 4.78 is 0. The highest BCUT2D eigenvalue weighted by molar-refractivity contribution is 6.02. The number of carbonyl (C=O) groups excluding carboxylic acids is 5. The van der Waals surface area contributed by atoms with E-state index in [-0.39, 0.29) is 42.9 Å². The normalized spacial score (nSPS) is 14.4. The lowest BCUT2D eigenvalue weighted by atomic mass is 10.2. The number of imide groups is 2. The second-order valence-corrected chi connectivity index (χ2v) is 8.31. The third kappa shape index (κ3) is 10.4. The molecule has 0 bridgehead atoms. The van der Waals surface area contributed by atoms with Crippen LogP contribution in [0.2, 0.25) is 0 Å². The topological polar surface area (TPSA) is 142 Å². The number of hydrogen-bond acceptors (Lipinski definition) is 5. The minimum atomic E-state index is -0.307. The molecule has 4 N–H and O–H groups in total. The lowest BCUT2D eigenvalue weighted by molar-refractivity contribution is -0.119. The molecule has 0 spiro atoms. The monoisotopic (exact) mass is 495 g/mol. The van der Waals surface area contributed by atoms with Crippen LogP contribution < -0.4 is 16.4 Å². The number of benzene rings is 2. The first-order valence-electron chi connectivity index (χ1n) is 11.8. The first-order chi connectivity index (χ1) is 17.3. The molecule has 2 heterocycles. The third-order valence-corrected chi connectivity index (χ3v) is 5.20. The van der Waals surface area contributed by atoms with Crippen LogP contribution in [-0.4, -0.2) is 52.7 Å². The van der Waals surface area contributed by atoms with Crippen molar-refractivity contribution >= 4 is 29.8 Å². The Morgan fingerprint density at radius 2 is 1.17 bits per heavy atom. The van der Waals surface area contributed by atoms with Crippen molar-refractivity contribution in [1.82, 2.24) is 20.4 Å². The minimum Gasteiger partial charge on any atom is -0.370 e. The minimum absolute atomic E-state index is 0.160. The Labute approximate surface area is 210 Å². The number of unbranched alkanes of at least 4 members (excludes halogenated alkanes) is 2. The van der Waals surface area contributed by atoms with E-state index < -0.39 is 0 Å². The van der Waals surface area contributed by atoms with Gasteiger partial charge in [0.25, 0.3) is 0 Å². The third-order valence-electron chi connectivity index (χ3n) is 5.20. The summed E-state index contributed by atoms with van der Waals surface area (Å²) in [6.07, 6.45) is 3.76. The van der Waals surface area contributed by atoms with E-state index in [1.807, 2.05) is 60.7 Å². The van der Waals surface area contributed by atoms with Gasteiger partial charge in [-0.1, -0.05) is 80.4 Å². The molecule has 192 valence electrons. The second kappa shape index (κ2) is 14.9. The van der Waals surface area contributed by atoms with Gasteiger partial charge < -0.3 is 15.5 Å². The number of urea groups is 2. The first kappa shape index (κ1) is 28.0. The lowest BCUT2D eigenvalue weighted by Crippen LogP contribution is -2.27. The van der Waals surface area contributed by atoms with E-state index in [1.54, 1.807) is 0 Å². The van der Waals surface area contributed by atoms with Crippen molar-refractivity contribution in [1.29, 1.82) is 0 Å². The van der Waals surface area contributed by atoms with E-state index in [4.69, 9.17) is 5.73 Å². The van der Waals surface area contributed by atoms with Crippen LogP contribution in [0.1, 0.15) is 43.7 Å². The molecule has 2 aromatic rings. The Balaban J connectivity index is 0.000000199. The van der Waals surface area contributed by atoms with Gasteiger partial charge in [-0.2, -0.15) is 0 Å². The number of nitrogens with zero attached hydrogens (tertiary/aromatic N) is 2. The number of amides is 7. The van der Waals surface area contributed by atoms with Crippen molar-refractivity contribution < 1.29 is 24.0 Å². The van der Waals surface area contributed by atoms with E-state index in [1.165, 1.54) is 9.80 Å². The molecule has 36 heavy (non-hydrogen) atoms. The number of rotatable bonds is 8. The molecule has 0 radical (unpaired) electrons. The number of nitrogens with two attached hydrogens (primary N) is 1. The smallest absolute Gasteiger partial charge is 0.324 e. The van der Waals surface area contributed by atoms with Gasteiger partial charge in [0.05, 0.1) is 0 Å². The SMILES string of the molecule is CCCCCC(N)=O.O=C1CN(Cc2ccccc2)C(=O)N1.O=C1CN(Cc2ccccc2)C(=O)N1. The quantitative estimate of drug-likeness (QED) is 0.381. The van der Waals surface area contributed by atoms with Gasteiger partial charge in [-0.05, 0) is 17.5 Å². The summed E-state index contributed by atoms with van der Waals surface area (Å²) in [5.74, 6) is -0.643. The highest BCUT2D eigenvalue weighted by atomic mass is 16.2. The highest BCUT2D eigenvalue weighted by Gasteiger charge is 2.27. The molecule has 10 nitrogen and oxygen atoms in total. The summed E-state index contributed by atoms with van der Waals surface area (Å²) in [4.78, 5) is 57.2. The molecule has 0 atom stereocenters. The van der Waals surface area contributed by atoms with Crippen LogP contribution in [0.5, 0.6) is 0 Å². The van der Waals surface area contributed by atoms with E-state index >= 15 is 0 Å². The highest BCUT2D eigenvalue weighted by Crippen LogP contribution is 2.08. The van der Waals surface area contributed by atoms with Gasteiger partial charge in [-0.15, -0.1) is 0 Å². The molecule has 0 aliphatic carbocycles. The average Bonchev–Trinajstić information content (AvgIpc) is 3.34. The van der Waals surface area contributed by atoms with Crippen molar-refractivity contribution in [3.8, 4) is 0 Å². The van der Waals surface area contributed by atoms with Crippen LogP contribution in [-0.2, 0) is 27.5 Å². The molecular weight excluding hydrogens is 462 g/mol. The van der Waals surface area contributed by atoms with Crippen molar-refractivity contribution in [3.63, 3.8) is 0 Å². The Kier molecular flexibility index (Phi) is 11.6. The van der Waals surface area contributed by atoms with Crippen LogP contribution in [0.25, 0.3) is 0 Å². The lowest BCUT2D eigenvalue weighted by Gasteiger charge is -2.12. The number of primary amides is 1. The first-order valence-corrected chi connectivity index (χ1v) is 11.8. The fraction of sp³-hybridized carbons (Fsp3) is 0.346. The molecular formula is C26H33N5O5. The predicted octanol–water partition coefficient (Wildman–Crippen LogP) is 2.53. The number of carbonyl (C=O) groups is 5. The standard InChI is InChI=1S/2C10H10N2O2.C6H13NO/c2*13-9-7-12(10(14)11-9)6-8-4-2-1-3-5-8;1-2-3-4-5-6(7)8/h2*1-5H,6-7H2,(H,11,13,14);2-5H2,1H3,(H2,7,8). The maximum Gasteiger partial charge on any atom is 0.324 e. The molecule has 10 heteroatoms. The average molecular weight is 496 g/mol. The van der Waals surface area contributed by atoms with Gasteiger partial charge >= 0.3 is 12.1 Å².